The Morgan fingerprint density at radius 3 is 1.86 bits per heavy atom. The van der Waals surface area contributed by atoms with Crippen LogP contribution in [0, 0.1) is 11.6 Å². The summed E-state index contributed by atoms with van der Waals surface area (Å²) in [7, 11) is 1.65. The summed E-state index contributed by atoms with van der Waals surface area (Å²) in [5.74, 6) is -0.495. The van der Waals surface area contributed by atoms with E-state index in [1.165, 1.54) is 24.3 Å². The predicted molar refractivity (Wildman–Crippen MR) is 83.4 cm³/mol. The summed E-state index contributed by atoms with van der Waals surface area (Å²) >= 11 is 0. The van der Waals surface area contributed by atoms with Gasteiger partial charge in [-0.05, 0) is 42.3 Å². The van der Waals surface area contributed by atoms with Crippen molar-refractivity contribution < 1.29 is 13.5 Å². The minimum Gasteiger partial charge on any atom is -0.383 e. The summed E-state index contributed by atoms with van der Waals surface area (Å²) in [6.07, 6.45) is 0. The molecule has 0 N–H and O–H groups in total. The van der Waals surface area contributed by atoms with Crippen LogP contribution in [0.4, 0.5) is 8.78 Å². The highest BCUT2D eigenvalue weighted by Crippen LogP contribution is 2.15. The molecule has 0 saturated carbocycles. The van der Waals surface area contributed by atoms with E-state index in [1.807, 2.05) is 19.1 Å². The molecule has 0 heterocycles. The van der Waals surface area contributed by atoms with Crippen molar-refractivity contribution >= 4 is 0 Å². The normalized spacial score (nSPS) is 12.6. The van der Waals surface area contributed by atoms with Crippen LogP contribution in [-0.2, 0) is 17.8 Å². The molecular formula is C18H21F2NO. The first-order chi connectivity index (χ1) is 10.6. The highest BCUT2D eigenvalue weighted by Gasteiger charge is 2.15. The average Bonchev–Trinajstić information content (AvgIpc) is 2.47. The molecule has 0 aliphatic carbocycles. The van der Waals surface area contributed by atoms with E-state index in [4.69, 9.17) is 4.74 Å². The molecule has 0 aromatic heterocycles. The Kier molecular flexibility index (Phi) is 6.04. The Labute approximate surface area is 130 Å². The summed E-state index contributed by atoms with van der Waals surface area (Å²) < 4.78 is 31.9. The smallest absolute Gasteiger partial charge is 0.123 e. The van der Waals surface area contributed by atoms with Crippen LogP contribution in [0.3, 0.4) is 0 Å². The van der Waals surface area contributed by atoms with Crippen molar-refractivity contribution in [1.82, 2.24) is 4.90 Å². The van der Waals surface area contributed by atoms with Gasteiger partial charge in [0.05, 0.1) is 6.61 Å². The number of ether oxygens (including phenoxy) is 1. The summed E-state index contributed by atoms with van der Waals surface area (Å²) in [5, 5.41) is 0. The third-order valence-corrected chi connectivity index (χ3v) is 3.58. The highest BCUT2D eigenvalue weighted by atomic mass is 19.1. The maximum Gasteiger partial charge on any atom is 0.123 e. The van der Waals surface area contributed by atoms with Crippen molar-refractivity contribution in [3.63, 3.8) is 0 Å². The zero-order valence-electron chi connectivity index (χ0n) is 12.9. The molecule has 0 bridgehead atoms. The van der Waals surface area contributed by atoms with Gasteiger partial charge < -0.3 is 4.74 Å². The van der Waals surface area contributed by atoms with Gasteiger partial charge in [-0.2, -0.15) is 0 Å². The molecule has 0 saturated heterocycles. The van der Waals surface area contributed by atoms with E-state index in [2.05, 4.69) is 4.90 Å². The Hall–Kier alpha value is -1.78. The lowest BCUT2D eigenvalue weighted by atomic mass is 10.1. The SMILES string of the molecule is COCC(C)N(Cc1cccc(F)c1)Cc1cccc(F)c1. The number of nitrogens with zero attached hydrogens (tertiary/aromatic N) is 1. The van der Waals surface area contributed by atoms with Crippen LogP contribution in [0.15, 0.2) is 48.5 Å². The van der Waals surface area contributed by atoms with Gasteiger partial charge in [0.2, 0.25) is 0 Å². The van der Waals surface area contributed by atoms with Crippen molar-refractivity contribution in [3.05, 3.63) is 71.3 Å². The zero-order valence-corrected chi connectivity index (χ0v) is 12.9. The quantitative estimate of drug-likeness (QED) is 0.766. The molecule has 2 nitrogen and oxygen atoms in total. The average molecular weight is 305 g/mol. The van der Waals surface area contributed by atoms with Crippen molar-refractivity contribution in [1.29, 1.82) is 0 Å². The van der Waals surface area contributed by atoms with E-state index in [0.717, 1.165) is 11.1 Å². The summed E-state index contributed by atoms with van der Waals surface area (Å²) in [4.78, 5) is 2.15. The first-order valence-electron chi connectivity index (χ1n) is 7.30. The first-order valence-corrected chi connectivity index (χ1v) is 7.30. The van der Waals surface area contributed by atoms with Gasteiger partial charge in [0.1, 0.15) is 11.6 Å². The molecule has 0 radical (unpaired) electrons. The van der Waals surface area contributed by atoms with E-state index in [1.54, 1.807) is 19.2 Å². The third kappa shape index (κ3) is 4.90. The van der Waals surface area contributed by atoms with Crippen LogP contribution in [0.1, 0.15) is 18.1 Å². The molecule has 0 aliphatic heterocycles. The highest BCUT2D eigenvalue weighted by molar-refractivity contribution is 5.18. The topological polar surface area (TPSA) is 12.5 Å². The second-order valence-corrected chi connectivity index (χ2v) is 5.47. The Morgan fingerprint density at radius 1 is 0.955 bits per heavy atom. The number of halogens is 2. The third-order valence-electron chi connectivity index (χ3n) is 3.58. The minimum absolute atomic E-state index is 0.136. The fraction of sp³-hybridized carbons (Fsp3) is 0.333. The minimum atomic E-state index is -0.248. The van der Waals surface area contributed by atoms with Crippen LogP contribution in [0.25, 0.3) is 0 Å². The molecule has 2 aromatic carbocycles. The number of hydrogen-bond donors (Lipinski definition) is 0. The van der Waals surface area contributed by atoms with Gasteiger partial charge in [-0.25, -0.2) is 8.78 Å². The van der Waals surface area contributed by atoms with Gasteiger partial charge in [0, 0.05) is 26.2 Å². The van der Waals surface area contributed by atoms with Crippen molar-refractivity contribution in [2.75, 3.05) is 13.7 Å². The van der Waals surface area contributed by atoms with Gasteiger partial charge in [-0.15, -0.1) is 0 Å². The molecule has 1 unspecified atom stereocenters. The van der Waals surface area contributed by atoms with Crippen molar-refractivity contribution in [2.24, 2.45) is 0 Å². The van der Waals surface area contributed by atoms with E-state index < -0.39 is 0 Å². The lowest BCUT2D eigenvalue weighted by molar-refractivity contribution is 0.0894. The van der Waals surface area contributed by atoms with Gasteiger partial charge in [0.15, 0.2) is 0 Å². The molecule has 4 heteroatoms. The molecule has 1 atom stereocenters. The molecule has 2 aromatic rings. The summed E-state index contributed by atoms with van der Waals surface area (Å²) in [5.41, 5.74) is 1.78. The Morgan fingerprint density at radius 2 is 1.45 bits per heavy atom. The zero-order chi connectivity index (χ0) is 15.9. The molecule has 0 aliphatic rings. The Balaban J connectivity index is 2.15. The van der Waals surface area contributed by atoms with Crippen molar-refractivity contribution in [2.45, 2.75) is 26.1 Å². The fourth-order valence-electron chi connectivity index (χ4n) is 2.45. The Bertz CT molecular complexity index is 556. The van der Waals surface area contributed by atoms with Crippen LogP contribution >= 0.6 is 0 Å². The molecular weight excluding hydrogens is 284 g/mol. The van der Waals surface area contributed by atoms with Gasteiger partial charge in [0.25, 0.3) is 0 Å². The largest absolute Gasteiger partial charge is 0.383 e. The fourth-order valence-corrected chi connectivity index (χ4v) is 2.45. The van der Waals surface area contributed by atoms with Gasteiger partial charge >= 0.3 is 0 Å². The van der Waals surface area contributed by atoms with E-state index in [9.17, 15) is 8.78 Å². The lowest BCUT2D eigenvalue weighted by Crippen LogP contribution is -2.35. The standard InChI is InChI=1S/C18H21F2NO/c1-14(13-22-2)21(11-15-5-3-7-17(19)9-15)12-16-6-4-8-18(20)10-16/h3-10,14H,11-13H2,1-2H3. The molecule has 22 heavy (non-hydrogen) atoms. The van der Waals surface area contributed by atoms with E-state index in [-0.39, 0.29) is 17.7 Å². The first kappa shape index (κ1) is 16.6. The second-order valence-electron chi connectivity index (χ2n) is 5.47. The number of methoxy groups -OCH3 is 1. The number of benzene rings is 2. The van der Waals surface area contributed by atoms with Crippen LogP contribution in [0.5, 0.6) is 0 Å². The number of hydrogen-bond acceptors (Lipinski definition) is 2. The van der Waals surface area contributed by atoms with Crippen molar-refractivity contribution in [3.8, 4) is 0 Å². The maximum atomic E-state index is 13.4. The van der Waals surface area contributed by atoms with Gasteiger partial charge in [-0.1, -0.05) is 24.3 Å². The van der Waals surface area contributed by atoms with Crippen LogP contribution in [0.2, 0.25) is 0 Å². The molecule has 0 fully saturated rings. The predicted octanol–water partition coefficient (Wildman–Crippen LogP) is 4.00. The van der Waals surface area contributed by atoms with E-state index in [0.29, 0.717) is 19.7 Å². The monoisotopic (exact) mass is 305 g/mol. The second kappa shape index (κ2) is 8.01. The molecule has 0 spiro atoms. The van der Waals surface area contributed by atoms with Crippen LogP contribution in [-0.4, -0.2) is 24.7 Å². The molecule has 2 rings (SSSR count). The van der Waals surface area contributed by atoms with Gasteiger partial charge in [-0.3, -0.25) is 4.90 Å². The maximum absolute atomic E-state index is 13.4. The van der Waals surface area contributed by atoms with Crippen LogP contribution < -0.4 is 0 Å². The number of rotatable bonds is 7. The van der Waals surface area contributed by atoms with E-state index >= 15 is 0 Å². The summed E-state index contributed by atoms with van der Waals surface area (Å²) in [6, 6.07) is 13.2. The molecule has 118 valence electrons. The summed E-state index contributed by atoms with van der Waals surface area (Å²) in [6.45, 7) is 3.77. The lowest BCUT2D eigenvalue weighted by Gasteiger charge is -2.29. The molecule has 0 amide bonds.